The fourth-order valence-electron chi connectivity index (χ4n) is 1.55. The zero-order valence-corrected chi connectivity index (χ0v) is 9.97. The normalized spacial score (nSPS) is 13.1. The van der Waals surface area contributed by atoms with Crippen molar-refractivity contribution in [1.29, 1.82) is 0 Å². The monoisotopic (exact) mass is 229 g/mol. The van der Waals surface area contributed by atoms with Gasteiger partial charge in [-0.1, -0.05) is 18.2 Å². The Morgan fingerprint density at radius 2 is 2.07 bits per heavy atom. The van der Waals surface area contributed by atoms with Gasteiger partial charge in [0, 0.05) is 17.5 Å². The summed E-state index contributed by atoms with van der Waals surface area (Å²) >= 11 is 5.63. The molecule has 0 aliphatic carbocycles. The fourth-order valence-corrected chi connectivity index (χ4v) is 1.67. The van der Waals surface area contributed by atoms with Gasteiger partial charge in [0.25, 0.3) is 0 Å². The first kappa shape index (κ1) is 12.5. The number of nitrogens with zero attached hydrogens (tertiary/aromatic N) is 1. The molecule has 1 rings (SSSR count). The molecule has 84 valence electrons. The summed E-state index contributed by atoms with van der Waals surface area (Å²) < 4.78 is 13.5. The zero-order valence-electron chi connectivity index (χ0n) is 9.21. The highest BCUT2D eigenvalue weighted by Gasteiger charge is 2.14. The SMILES string of the molecule is CC(c1ccccc1F)N(C)CCCCl. The number of hydrogen-bond donors (Lipinski definition) is 0. The zero-order chi connectivity index (χ0) is 11.3. The van der Waals surface area contributed by atoms with Crippen LogP contribution < -0.4 is 0 Å². The molecule has 15 heavy (non-hydrogen) atoms. The molecule has 1 unspecified atom stereocenters. The first-order valence-corrected chi connectivity index (χ1v) is 5.71. The minimum Gasteiger partial charge on any atom is -0.299 e. The smallest absolute Gasteiger partial charge is 0.127 e. The Morgan fingerprint density at radius 1 is 1.40 bits per heavy atom. The third kappa shape index (κ3) is 3.47. The second-order valence-electron chi connectivity index (χ2n) is 3.72. The molecule has 0 aromatic heterocycles. The highest BCUT2D eigenvalue weighted by molar-refractivity contribution is 6.17. The highest BCUT2D eigenvalue weighted by atomic mass is 35.5. The molecule has 1 aromatic carbocycles. The number of alkyl halides is 1. The van der Waals surface area contributed by atoms with Crippen molar-refractivity contribution in [1.82, 2.24) is 4.90 Å². The van der Waals surface area contributed by atoms with E-state index in [0.717, 1.165) is 18.5 Å². The molecule has 0 saturated heterocycles. The van der Waals surface area contributed by atoms with Crippen molar-refractivity contribution in [2.75, 3.05) is 19.5 Å². The number of halogens is 2. The van der Waals surface area contributed by atoms with E-state index in [1.165, 1.54) is 6.07 Å². The summed E-state index contributed by atoms with van der Waals surface area (Å²) in [5.41, 5.74) is 0.745. The van der Waals surface area contributed by atoms with Gasteiger partial charge in [0.15, 0.2) is 0 Å². The van der Waals surface area contributed by atoms with Crippen molar-refractivity contribution in [2.24, 2.45) is 0 Å². The summed E-state index contributed by atoms with van der Waals surface area (Å²) in [4.78, 5) is 2.11. The average molecular weight is 230 g/mol. The van der Waals surface area contributed by atoms with Gasteiger partial charge in [0.1, 0.15) is 5.82 Å². The van der Waals surface area contributed by atoms with E-state index >= 15 is 0 Å². The molecule has 0 aliphatic rings. The van der Waals surface area contributed by atoms with Crippen molar-refractivity contribution < 1.29 is 4.39 Å². The minimum atomic E-state index is -0.136. The van der Waals surface area contributed by atoms with Crippen LogP contribution in [0.4, 0.5) is 4.39 Å². The first-order chi connectivity index (χ1) is 7.16. The Labute approximate surface area is 95.8 Å². The lowest BCUT2D eigenvalue weighted by atomic mass is 10.1. The number of benzene rings is 1. The topological polar surface area (TPSA) is 3.24 Å². The summed E-state index contributed by atoms with van der Waals surface area (Å²) in [6, 6.07) is 7.00. The van der Waals surface area contributed by atoms with Crippen LogP contribution in [0.1, 0.15) is 24.9 Å². The van der Waals surface area contributed by atoms with Gasteiger partial charge in [0.2, 0.25) is 0 Å². The van der Waals surface area contributed by atoms with Crippen LogP contribution in [0.2, 0.25) is 0 Å². The van der Waals surface area contributed by atoms with E-state index in [-0.39, 0.29) is 11.9 Å². The molecule has 0 fully saturated rings. The van der Waals surface area contributed by atoms with Crippen molar-refractivity contribution in [3.05, 3.63) is 35.6 Å². The summed E-state index contributed by atoms with van der Waals surface area (Å²) in [7, 11) is 1.99. The third-order valence-corrected chi connectivity index (χ3v) is 2.93. The molecule has 0 heterocycles. The molecule has 0 amide bonds. The Morgan fingerprint density at radius 3 is 2.67 bits per heavy atom. The van der Waals surface area contributed by atoms with Crippen LogP contribution in [0, 0.1) is 5.82 Å². The molecule has 0 N–H and O–H groups in total. The Kier molecular flexibility index (Phi) is 5.06. The lowest BCUT2D eigenvalue weighted by molar-refractivity contribution is 0.257. The fraction of sp³-hybridized carbons (Fsp3) is 0.500. The molecule has 0 aliphatic heterocycles. The molecule has 3 heteroatoms. The molecule has 0 radical (unpaired) electrons. The largest absolute Gasteiger partial charge is 0.299 e. The molecule has 1 aromatic rings. The van der Waals surface area contributed by atoms with Gasteiger partial charge in [-0.05, 0) is 33.0 Å². The van der Waals surface area contributed by atoms with E-state index in [2.05, 4.69) is 4.90 Å². The summed E-state index contributed by atoms with van der Waals surface area (Å²) in [6.45, 7) is 2.89. The van der Waals surface area contributed by atoms with Crippen LogP contribution in [0.3, 0.4) is 0 Å². The molecular formula is C12H17ClFN. The van der Waals surface area contributed by atoms with Crippen molar-refractivity contribution in [2.45, 2.75) is 19.4 Å². The van der Waals surface area contributed by atoms with Crippen LogP contribution in [0.25, 0.3) is 0 Å². The van der Waals surface area contributed by atoms with Gasteiger partial charge in [-0.3, -0.25) is 4.90 Å². The van der Waals surface area contributed by atoms with E-state index in [0.29, 0.717) is 5.88 Å². The van der Waals surface area contributed by atoms with Crippen LogP contribution in [-0.2, 0) is 0 Å². The highest BCUT2D eigenvalue weighted by Crippen LogP contribution is 2.21. The first-order valence-electron chi connectivity index (χ1n) is 5.17. The summed E-state index contributed by atoms with van der Waals surface area (Å²) in [5, 5.41) is 0. The molecule has 1 atom stereocenters. The van der Waals surface area contributed by atoms with Gasteiger partial charge >= 0.3 is 0 Å². The molecule has 0 bridgehead atoms. The van der Waals surface area contributed by atoms with E-state index < -0.39 is 0 Å². The number of rotatable bonds is 5. The van der Waals surface area contributed by atoms with Crippen LogP contribution >= 0.6 is 11.6 Å². The van der Waals surface area contributed by atoms with E-state index in [4.69, 9.17) is 11.6 Å². The van der Waals surface area contributed by atoms with Gasteiger partial charge in [0.05, 0.1) is 0 Å². The third-order valence-electron chi connectivity index (χ3n) is 2.66. The summed E-state index contributed by atoms with van der Waals surface area (Å²) in [6.07, 6.45) is 0.927. The van der Waals surface area contributed by atoms with Gasteiger partial charge in [-0.2, -0.15) is 0 Å². The minimum absolute atomic E-state index is 0.0921. The maximum absolute atomic E-state index is 13.5. The second kappa shape index (κ2) is 6.09. The predicted octanol–water partition coefficient (Wildman–Crippen LogP) is 3.45. The maximum Gasteiger partial charge on any atom is 0.127 e. The van der Waals surface area contributed by atoms with Crippen molar-refractivity contribution in [3.63, 3.8) is 0 Å². The lowest BCUT2D eigenvalue weighted by Gasteiger charge is -2.24. The predicted molar refractivity (Wildman–Crippen MR) is 62.8 cm³/mol. The maximum atomic E-state index is 13.5. The Bertz CT molecular complexity index is 303. The van der Waals surface area contributed by atoms with E-state index in [9.17, 15) is 4.39 Å². The van der Waals surface area contributed by atoms with E-state index in [1.54, 1.807) is 6.07 Å². The quantitative estimate of drug-likeness (QED) is 0.699. The molecule has 0 saturated carbocycles. The van der Waals surface area contributed by atoms with Crippen molar-refractivity contribution >= 4 is 11.6 Å². The van der Waals surface area contributed by atoms with Gasteiger partial charge in [-0.15, -0.1) is 11.6 Å². The van der Waals surface area contributed by atoms with E-state index in [1.807, 2.05) is 26.1 Å². The molecule has 0 spiro atoms. The summed E-state index contributed by atoms with van der Waals surface area (Å²) in [5.74, 6) is 0.511. The standard InChI is InChI=1S/C12H17ClFN/c1-10(15(2)9-5-8-13)11-6-3-4-7-12(11)14/h3-4,6-7,10H,5,8-9H2,1-2H3. The molecule has 1 nitrogen and oxygen atoms in total. The second-order valence-corrected chi connectivity index (χ2v) is 4.10. The lowest BCUT2D eigenvalue weighted by Crippen LogP contribution is -2.24. The Hall–Kier alpha value is -0.600. The average Bonchev–Trinajstić information content (AvgIpc) is 2.25. The Balaban J connectivity index is 2.67. The van der Waals surface area contributed by atoms with Crippen LogP contribution in [-0.4, -0.2) is 24.4 Å². The van der Waals surface area contributed by atoms with Crippen LogP contribution in [0.15, 0.2) is 24.3 Å². The van der Waals surface area contributed by atoms with Crippen LogP contribution in [0.5, 0.6) is 0 Å². The number of hydrogen-bond acceptors (Lipinski definition) is 1. The van der Waals surface area contributed by atoms with Gasteiger partial charge in [-0.25, -0.2) is 4.39 Å². The van der Waals surface area contributed by atoms with Crippen molar-refractivity contribution in [3.8, 4) is 0 Å². The molecular weight excluding hydrogens is 213 g/mol. The van der Waals surface area contributed by atoms with Gasteiger partial charge < -0.3 is 0 Å².